The molecule has 1 atom stereocenters. The lowest BCUT2D eigenvalue weighted by molar-refractivity contribution is -0.186. The van der Waals surface area contributed by atoms with Crippen LogP contribution in [0.2, 0.25) is 15.1 Å². The average molecular weight is 546 g/mol. The van der Waals surface area contributed by atoms with Crippen molar-refractivity contribution in [3.8, 4) is 0 Å². The number of nitrogens with one attached hydrogen (secondary N) is 1. The van der Waals surface area contributed by atoms with E-state index in [2.05, 4.69) is 0 Å². The van der Waals surface area contributed by atoms with Gasteiger partial charge < -0.3 is 5.32 Å². The molecule has 2 aromatic carbocycles. The Hall–Kier alpha value is -2.55. The van der Waals surface area contributed by atoms with Gasteiger partial charge in [-0.15, -0.1) is 0 Å². The highest BCUT2D eigenvalue weighted by atomic mass is 35.5. The summed E-state index contributed by atoms with van der Waals surface area (Å²) in [6.07, 6.45) is -5.59. The van der Waals surface area contributed by atoms with Crippen molar-refractivity contribution in [3.05, 3.63) is 74.4 Å². The summed E-state index contributed by atoms with van der Waals surface area (Å²) in [5.41, 5.74) is -5.41. The summed E-state index contributed by atoms with van der Waals surface area (Å²) < 4.78 is 44.6. The van der Waals surface area contributed by atoms with Gasteiger partial charge >= 0.3 is 6.18 Å². The van der Waals surface area contributed by atoms with E-state index in [1.54, 1.807) is 13.8 Å². The summed E-state index contributed by atoms with van der Waals surface area (Å²) in [6.45, 7) is 3.43. The van der Waals surface area contributed by atoms with Crippen molar-refractivity contribution < 1.29 is 27.6 Å². The normalized spacial score (nSPS) is 21.9. The standard InChI is InChI=1S/C24H18Cl3F3N2O3/c1-22(2)10-17-19(18(33)11-22)23(24(28,29)30,31-20(34)12-3-5-13(25)6-4-12)21(35)32(17)14-7-8-15(26)16(27)9-14/h3-9H,10-11H2,1-2H3,(H,31,34)/t23-/m1/s1. The molecular weight excluding hydrogens is 528 g/mol. The Balaban J connectivity index is 1.94. The van der Waals surface area contributed by atoms with Crippen molar-refractivity contribution in [2.75, 3.05) is 4.90 Å². The van der Waals surface area contributed by atoms with Crippen LogP contribution in [0.4, 0.5) is 18.9 Å². The van der Waals surface area contributed by atoms with Crippen LogP contribution in [-0.4, -0.2) is 29.3 Å². The molecule has 5 nitrogen and oxygen atoms in total. The van der Waals surface area contributed by atoms with Gasteiger partial charge in [-0.3, -0.25) is 19.3 Å². The lowest BCUT2D eigenvalue weighted by Crippen LogP contribution is -2.66. The molecule has 0 aromatic heterocycles. The van der Waals surface area contributed by atoms with Gasteiger partial charge in [0, 0.05) is 22.7 Å². The molecule has 0 fully saturated rings. The van der Waals surface area contributed by atoms with Crippen LogP contribution >= 0.6 is 34.8 Å². The van der Waals surface area contributed by atoms with Gasteiger partial charge in [-0.25, -0.2) is 0 Å². The van der Waals surface area contributed by atoms with Gasteiger partial charge in [-0.05, 0) is 54.3 Å². The van der Waals surface area contributed by atoms with E-state index in [1.165, 1.54) is 42.5 Å². The molecule has 2 aliphatic rings. The summed E-state index contributed by atoms with van der Waals surface area (Å²) in [5, 5.41) is 2.28. The van der Waals surface area contributed by atoms with E-state index >= 15 is 0 Å². The highest BCUT2D eigenvalue weighted by Crippen LogP contribution is 2.53. The molecule has 1 heterocycles. The molecule has 0 unspecified atom stereocenters. The number of amides is 2. The van der Waals surface area contributed by atoms with Gasteiger partial charge in [0.25, 0.3) is 11.8 Å². The zero-order valence-electron chi connectivity index (χ0n) is 18.4. The number of Topliss-reactive ketones (excluding diaryl/α,β-unsaturated/α-hetero) is 1. The van der Waals surface area contributed by atoms with Gasteiger partial charge in [-0.1, -0.05) is 48.7 Å². The summed E-state index contributed by atoms with van der Waals surface area (Å²) in [5.74, 6) is -3.59. The van der Waals surface area contributed by atoms with Gasteiger partial charge in [0.05, 0.1) is 21.3 Å². The van der Waals surface area contributed by atoms with Gasteiger partial charge in [0.2, 0.25) is 5.54 Å². The molecule has 35 heavy (non-hydrogen) atoms. The van der Waals surface area contributed by atoms with Crippen LogP contribution in [0, 0.1) is 5.41 Å². The second-order valence-corrected chi connectivity index (χ2v) is 10.5. The number of rotatable bonds is 3. The Labute approximate surface area is 213 Å². The number of carbonyl (C=O) groups is 3. The molecule has 4 rings (SSSR count). The van der Waals surface area contributed by atoms with Crippen LogP contribution in [0.5, 0.6) is 0 Å². The third kappa shape index (κ3) is 4.21. The molecular formula is C24H18Cl3F3N2O3. The highest BCUT2D eigenvalue weighted by molar-refractivity contribution is 6.42. The van der Waals surface area contributed by atoms with E-state index in [9.17, 15) is 27.6 Å². The molecule has 0 radical (unpaired) electrons. The first-order valence-electron chi connectivity index (χ1n) is 10.4. The Morgan fingerprint density at radius 1 is 0.971 bits per heavy atom. The average Bonchev–Trinajstić information content (AvgIpc) is 2.98. The van der Waals surface area contributed by atoms with Crippen molar-refractivity contribution in [2.24, 2.45) is 5.41 Å². The highest BCUT2D eigenvalue weighted by Gasteiger charge is 2.72. The Morgan fingerprint density at radius 3 is 2.17 bits per heavy atom. The number of hydrogen-bond acceptors (Lipinski definition) is 3. The quantitative estimate of drug-likeness (QED) is 0.488. The number of anilines is 1. The van der Waals surface area contributed by atoms with Crippen LogP contribution in [0.25, 0.3) is 0 Å². The molecule has 11 heteroatoms. The number of allylic oxidation sites excluding steroid dienone is 1. The largest absolute Gasteiger partial charge is 0.425 e. The molecule has 0 bridgehead atoms. The fourth-order valence-corrected chi connectivity index (χ4v) is 4.91. The Morgan fingerprint density at radius 2 is 1.60 bits per heavy atom. The van der Waals surface area contributed by atoms with Crippen molar-refractivity contribution in [2.45, 2.75) is 38.4 Å². The maximum absolute atomic E-state index is 14.9. The number of ketones is 1. The third-order valence-electron chi connectivity index (χ3n) is 6.02. The summed E-state index contributed by atoms with van der Waals surface area (Å²) in [7, 11) is 0. The number of hydrogen-bond donors (Lipinski definition) is 1. The molecule has 1 aliphatic heterocycles. The molecule has 1 aliphatic carbocycles. The van der Waals surface area contributed by atoms with Crippen molar-refractivity contribution in [1.82, 2.24) is 5.32 Å². The number of benzene rings is 2. The maximum Gasteiger partial charge on any atom is 0.425 e. The summed E-state index contributed by atoms with van der Waals surface area (Å²) in [4.78, 5) is 40.7. The maximum atomic E-state index is 14.9. The van der Waals surface area contributed by atoms with E-state index in [1.807, 2.05) is 5.32 Å². The minimum Gasteiger partial charge on any atom is -0.326 e. The Bertz CT molecular complexity index is 1290. The van der Waals surface area contributed by atoms with Crippen LogP contribution < -0.4 is 10.2 Å². The fourth-order valence-electron chi connectivity index (χ4n) is 4.49. The van der Waals surface area contributed by atoms with Crippen molar-refractivity contribution in [1.29, 1.82) is 0 Å². The molecule has 0 saturated carbocycles. The number of alkyl halides is 3. The van der Waals surface area contributed by atoms with Crippen LogP contribution in [-0.2, 0) is 9.59 Å². The van der Waals surface area contributed by atoms with E-state index in [0.29, 0.717) is 0 Å². The molecule has 1 N–H and O–H groups in total. The van der Waals surface area contributed by atoms with Gasteiger partial charge in [0.15, 0.2) is 5.78 Å². The van der Waals surface area contributed by atoms with Crippen molar-refractivity contribution >= 4 is 58.1 Å². The van der Waals surface area contributed by atoms with Crippen LogP contribution in [0.3, 0.4) is 0 Å². The van der Waals surface area contributed by atoms with E-state index in [0.717, 1.165) is 4.90 Å². The zero-order chi connectivity index (χ0) is 25.9. The van der Waals surface area contributed by atoms with E-state index in [4.69, 9.17) is 34.8 Å². The monoisotopic (exact) mass is 544 g/mol. The molecule has 0 spiro atoms. The first-order chi connectivity index (χ1) is 16.2. The molecule has 184 valence electrons. The second-order valence-electron chi connectivity index (χ2n) is 9.21. The smallest absolute Gasteiger partial charge is 0.326 e. The predicted octanol–water partition coefficient (Wildman–Crippen LogP) is 6.37. The van der Waals surface area contributed by atoms with Crippen molar-refractivity contribution in [3.63, 3.8) is 0 Å². The van der Waals surface area contributed by atoms with E-state index < -0.39 is 40.3 Å². The number of carbonyl (C=O) groups excluding carboxylic acids is 3. The molecule has 0 saturated heterocycles. The zero-order valence-corrected chi connectivity index (χ0v) is 20.7. The van der Waals surface area contributed by atoms with Gasteiger partial charge in [-0.2, -0.15) is 13.2 Å². The van der Waals surface area contributed by atoms with E-state index in [-0.39, 0.29) is 44.9 Å². The molecule has 2 amide bonds. The lowest BCUT2D eigenvalue weighted by atomic mass is 9.72. The first-order valence-corrected chi connectivity index (χ1v) is 11.5. The van der Waals surface area contributed by atoms with Gasteiger partial charge in [0.1, 0.15) is 0 Å². The number of halogens is 6. The minimum atomic E-state index is -5.34. The fraction of sp³-hybridized carbons (Fsp3) is 0.292. The third-order valence-corrected chi connectivity index (χ3v) is 7.01. The minimum absolute atomic E-state index is 0.00531. The Kier molecular flexibility index (Phi) is 6.23. The predicted molar refractivity (Wildman–Crippen MR) is 127 cm³/mol. The molecule has 2 aromatic rings. The topological polar surface area (TPSA) is 66.5 Å². The number of nitrogens with zero attached hydrogens (tertiary/aromatic N) is 1. The lowest BCUT2D eigenvalue weighted by Gasteiger charge is -2.35. The summed E-state index contributed by atoms with van der Waals surface area (Å²) >= 11 is 17.9. The van der Waals surface area contributed by atoms with Crippen LogP contribution in [0.15, 0.2) is 53.7 Å². The SMILES string of the molecule is CC1(C)CC(=O)C2=C(C1)N(c1ccc(Cl)c(Cl)c1)C(=O)[C@@]2(NC(=O)c1ccc(Cl)cc1)C(F)(F)F. The van der Waals surface area contributed by atoms with Crippen LogP contribution in [0.1, 0.15) is 37.0 Å². The first kappa shape index (κ1) is 25.5. The summed E-state index contributed by atoms with van der Waals surface area (Å²) in [6, 6.07) is 9.01. The second kappa shape index (κ2) is 8.54.